The van der Waals surface area contributed by atoms with Crippen LogP contribution in [0.4, 0.5) is 0 Å². The smallest absolute Gasteiger partial charge is 0.227 e. The van der Waals surface area contributed by atoms with Crippen LogP contribution < -0.4 is 5.32 Å². The molecule has 0 aliphatic carbocycles. The average Bonchev–Trinajstić information content (AvgIpc) is 2.81. The number of carbonyl (C=O) groups is 1. The summed E-state index contributed by atoms with van der Waals surface area (Å²) < 4.78 is 0. The summed E-state index contributed by atoms with van der Waals surface area (Å²) in [5, 5.41) is 15.5. The van der Waals surface area contributed by atoms with Crippen molar-refractivity contribution in [2.75, 3.05) is 6.54 Å². The van der Waals surface area contributed by atoms with Gasteiger partial charge in [0.15, 0.2) is 5.82 Å². The van der Waals surface area contributed by atoms with Crippen LogP contribution in [0.3, 0.4) is 0 Å². The minimum absolute atomic E-state index is 0.120. The number of hydrogen-bond acceptors (Lipinski definition) is 4. The number of hydrogen-bond donors (Lipinski definition) is 1. The standard InChI is InChI=1S/C12H13Cl2N5O/c1-2-15-12(20)6-11-16-18-19(17-11)7-8-3-4-9(13)10(14)5-8/h3-5H,2,6-7H2,1H3,(H,15,20). The second-order valence-corrected chi connectivity index (χ2v) is 4.93. The van der Waals surface area contributed by atoms with Crippen molar-refractivity contribution in [3.63, 3.8) is 0 Å². The summed E-state index contributed by atoms with van der Waals surface area (Å²) >= 11 is 11.8. The molecule has 0 aliphatic heterocycles. The Hall–Kier alpha value is -1.66. The van der Waals surface area contributed by atoms with Gasteiger partial charge in [0.1, 0.15) is 0 Å². The van der Waals surface area contributed by atoms with Gasteiger partial charge in [-0.15, -0.1) is 10.2 Å². The molecule has 1 heterocycles. The first-order chi connectivity index (χ1) is 9.58. The zero-order valence-corrected chi connectivity index (χ0v) is 12.3. The quantitative estimate of drug-likeness (QED) is 0.912. The Morgan fingerprint density at radius 1 is 1.35 bits per heavy atom. The maximum atomic E-state index is 11.4. The first-order valence-corrected chi connectivity index (χ1v) is 6.81. The van der Waals surface area contributed by atoms with Crippen LogP contribution in [0.25, 0.3) is 0 Å². The zero-order valence-electron chi connectivity index (χ0n) is 10.8. The lowest BCUT2D eigenvalue weighted by molar-refractivity contribution is -0.120. The average molecular weight is 314 g/mol. The van der Waals surface area contributed by atoms with Gasteiger partial charge in [0.25, 0.3) is 0 Å². The van der Waals surface area contributed by atoms with Gasteiger partial charge in [-0.25, -0.2) is 0 Å². The summed E-state index contributed by atoms with van der Waals surface area (Å²) in [6, 6.07) is 5.30. The van der Waals surface area contributed by atoms with Crippen molar-refractivity contribution in [2.24, 2.45) is 0 Å². The fourth-order valence-electron chi connectivity index (χ4n) is 1.62. The second-order valence-electron chi connectivity index (χ2n) is 4.11. The number of rotatable bonds is 5. The number of likely N-dealkylation sites (N-methyl/N-ethyl adjacent to an activating group) is 1. The fourth-order valence-corrected chi connectivity index (χ4v) is 1.94. The molecule has 0 unspecified atom stereocenters. The monoisotopic (exact) mass is 313 g/mol. The Morgan fingerprint density at radius 3 is 2.85 bits per heavy atom. The molecule has 1 amide bonds. The van der Waals surface area contributed by atoms with Crippen LogP contribution in [0.5, 0.6) is 0 Å². The zero-order chi connectivity index (χ0) is 14.5. The Bertz CT molecular complexity index is 614. The highest BCUT2D eigenvalue weighted by molar-refractivity contribution is 6.42. The summed E-state index contributed by atoms with van der Waals surface area (Å²) in [7, 11) is 0. The first-order valence-electron chi connectivity index (χ1n) is 6.05. The van der Waals surface area contributed by atoms with Crippen molar-refractivity contribution in [1.29, 1.82) is 0 Å². The molecule has 20 heavy (non-hydrogen) atoms. The third kappa shape index (κ3) is 3.91. The third-order valence-electron chi connectivity index (χ3n) is 2.49. The Morgan fingerprint density at radius 2 is 2.15 bits per heavy atom. The van der Waals surface area contributed by atoms with Crippen molar-refractivity contribution in [2.45, 2.75) is 19.9 Å². The lowest BCUT2D eigenvalue weighted by Gasteiger charge is -2.01. The molecule has 1 aromatic heterocycles. The van der Waals surface area contributed by atoms with Gasteiger partial charge in [0, 0.05) is 6.54 Å². The summed E-state index contributed by atoms with van der Waals surface area (Å²) in [5.41, 5.74) is 0.904. The van der Waals surface area contributed by atoms with Crippen LogP contribution in [0.2, 0.25) is 10.0 Å². The van der Waals surface area contributed by atoms with E-state index < -0.39 is 0 Å². The molecule has 0 fully saturated rings. The highest BCUT2D eigenvalue weighted by Crippen LogP contribution is 2.22. The lowest BCUT2D eigenvalue weighted by atomic mass is 10.2. The lowest BCUT2D eigenvalue weighted by Crippen LogP contribution is -2.25. The molecule has 2 rings (SSSR count). The van der Waals surface area contributed by atoms with Crippen LogP contribution in [0, 0.1) is 0 Å². The minimum Gasteiger partial charge on any atom is -0.356 e. The molecular formula is C12H13Cl2N5O. The number of aromatic nitrogens is 4. The van der Waals surface area contributed by atoms with Crippen molar-refractivity contribution < 1.29 is 4.79 Å². The molecule has 1 N–H and O–H groups in total. The molecule has 2 aromatic rings. The molecule has 8 heteroatoms. The van der Waals surface area contributed by atoms with Crippen LogP contribution in [-0.4, -0.2) is 32.7 Å². The number of amides is 1. The van der Waals surface area contributed by atoms with Crippen LogP contribution in [0.15, 0.2) is 18.2 Å². The third-order valence-corrected chi connectivity index (χ3v) is 3.23. The van der Waals surface area contributed by atoms with Gasteiger partial charge in [0.2, 0.25) is 5.91 Å². The fraction of sp³-hybridized carbons (Fsp3) is 0.333. The molecule has 0 radical (unpaired) electrons. The summed E-state index contributed by atoms with van der Waals surface area (Å²) in [4.78, 5) is 12.8. The number of nitrogens with one attached hydrogen (secondary N) is 1. The Balaban J connectivity index is 2.02. The van der Waals surface area contributed by atoms with E-state index in [1.165, 1.54) is 4.80 Å². The molecular weight excluding hydrogens is 301 g/mol. The molecule has 0 saturated carbocycles. The van der Waals surface area contributed by atoms with E-state index in [4.69, 9.17) is 23.2 Å². The van der Waals surface area contributed by atoms with Crippen molar-refractivity contribution in [3.8, 4) is 0 Å². The van der Waals surface area contributed by atoms with Gasteiger partial charge in [-0.2, -0.15) is 4.80 Å². The van der Waals surface area contributed by atoms with E-state index in [2.05, 4.69) is 20.7 Å². The summed E-state index contributed by atoms with van der Waals surface area (Å²) in [6.07, 6.45) is 0.120. The van der Waals surface area contributed by atoms with Gasteiger partial charge < -0.3 is 5.32 Å². The van der Waals surface area contributed by atoms with Crippen molar-refractivity contribution >= 4 is 29.1 Å². The minimum atomic E-state index is -0.124. The van der Waals surface area contributed by atoms with E-state index in [1.54, 1.807) is 12.1 Å². The van der Waals surface area contributed by atoms with Crippen LogP contribution in [0.1, 0.15) is 18.3 Å². The molecule has 106 valence electrons. The molecule has 0 atom stereocenters. The molecule has 6 nitrogen and oxygen atoms in total. The van der Waals surface area contributed by atoms with Crippen LogP contribution in [-0.2, 0) is 17.8 Å². The largest absolute Gasteiger partial charge is 0.356 e. The van der Waals surface area contributed by atoms with E-state index in [-0.39, 0.29) is 12.3 Å². The first kappa shape index (κ1) is 14.7. The predicted octanol–water partition coefficient (Wildman–Crippen LogP) is 1.71. The van der Waals surface area contributed by atoms with Gasteiger partial charge in [0.05, 0.1) is 23.0 Å². The molecule has 0 spiro atoms. The molecule has 0 bridgehead atoms. The maximum absolute atomic E-state index is 11.4. The SMILES string of the molecule is CCNC(=O)Cc1nnn(Cc2ccc(Cl)c(Cl)c2)n1. The Labute approximate surface area is 126 Å². The normalized spacial score (nSPS) is 10.6. The topological polar surface area (TPSA) is 72.7 Å². The van der Waals surface area contributed by atoms with E-state index in [0.717, 1.165) is 5.56 Å². The maximum Gasteiger partial charge on any atom is 0.227 e. The van der Waals surface area contributed by atoms with E-state index in [0.29, 0.717) is 29.0 Å². The summed E-state index contributed by atoms with van der Waals surface area (Å²) in [6.45, 7) is 2.85. The highest BCUT2D eigenvalue weighted by Gasteiger charge is 2.09. The number of benzene rings is 1. The van der Waals surface area contributed by atoms with Gasteiger partial charge in [-0.1, -0.05) is 29.3 Å². The van der Waals surface area contributed by atoms with Gasteiger partial charge in [-0.3, -0.25) is 4.79 Å². The van der Waals surface area contributed by atoms with E-state index >= 15 is 0 Å². The second kappa shape index (κ2) is 6.67. The number of nitrogens with zero attached hydrogens (tertiary/aromatic N) is 4. The highest BCUT2D eigenvalue weighted by atomic mass is 35.5. The van der Waals surface area contributed by atoms with E-state index in [1.807, 2.05) is 13.0 Å². The molecule has 0 aliphatic rings. The number of tetrazole rings is 1. The van der Waals surface area contributed by atoms with Crippen LogP contribution >= 0.6 is 23.2 Å². The Kier molecular flexibility index (Phi) is 4.92. The van der Waals surface area contributed by atoms with Gasteiger partial charge >= 0.3 is 0 Å². The number of halogens is 2. The molecule has 1 aromatic carbocycles. The van der Waals surface area contributed by atoms with Gasteiger partial charge in [-0.05, 0) is 29.8 Å². The van der Waals surface area contributed by atoms with Crippen molar-refractivity contribution in [1.82, 2.24) is 25.5 Å². The predicted molar refractivity (Wildman–Crippen MR) is 75.8 cm³/mol. The summed E-state index contributed by atoms with van der Waals surface area (Å²) in [5.74, 6) is 0.262. The number of carbonyl (C=O) groups excluding carboxylic acids is 1. The van der Waals surface area contributed by atoms with Crippen molar-refractivity contribution in [3.05, 3.63) is 39.6 Å². The van der Waals surface area contributed by atoms with E-state index in [9.17, 15) is 4.79 Å². The molecule has 0 saturated heterocycles.